The van der Waals surface area contributed by atoms with Crippen molar-refractivity contribution < 1.29 is 8.42 Å². The molecule has 21 heavy (non-hydrogen) atoms. The van der Waals surface area contributed by atoms with Crippen LogP contribution in [0.25, 0.3) is 10.8 Å². The molecule has 0 bridgehead atoms. The van der Waals surface area contributed by atoms with Gasteiger partial charge in [0, 0.05) is 5.75 Å². The topological polar surface area (TPSA) is 60.2 Å². The first-order valence-electron chi connectivity index (χ1n) is 6.96. The van der Waals surface area contributed by atoms with Gasteiger partial charge in [-0.2, -0.15) is 0 Å². The van der Waals surface area contributed by atoms with Crippen LogP contribution in [0.4, 0.5) is 0 Å². The lowest BCUT2D eigenvalue weighted by atomic mass is 10.1. The van der Waals surface area contributed by atoms with Gasteiger partial charge in [-0.15, -0.1) is 0 Å². The second-order valence-electron chi connectivity index (χ2n) is 4.01. The summed E-state index contributed by atoms with van der Waals surface area (Å²) in [5.41, 5.74) is 4.50. The van der Waals surface area contributed by atoms with Crippen molar-refractivity contribution in [1.82, 2.24) is 0 Å². The van der Waals surface area contributed by atoms with E-state index >= 15 is 0 Å². The largest absolute Gasteiger partial charge is 0.333 e. The Hall–Kier alpha value is -1.33. The molecule has 0 aliphatic rings. The normalized spacial score (nSPS) is 9.19. The van der Waals surface area contributed by atoms with E-state index < -0.39 is 9.69 Å². The Kier molecular flexibility index (Phi) is 14.3. The highest BCUT2D eigenvalue weighted by Gasteiger charge is 1.91. The van der Waals surface area contributed by atoms with Crippen LogP contribution in [0.15, 0.2) is 48.5 Å². The number of hydrogen-bond donors (Lipinski definition) is 1. The zero-order chi connectivity index (χ0) is 16.7. The monoisotopic (exact) mass is 307 g/mol. The van der Waals surface area contributed by atoms with Crippen LogP contribution in [0.1, 0.15) is 27.2 Å². The third-order valence-corrected chi connectivity index (χ3v) is 2.87. The molecule has 0 amide bonds. The highest BCUT2D eigenvalue weighted by Crippen LogP contribution is 2.11. The first-order valence-corrected chi connectivity index (χ1v) is 8.68. The smallest absolute Gasteiger partial charge is 0.254 e. The Morgan fingerprint density at radius 3 is 1.19 bits per heavy atom. The first kappa shape index (κ1) is 22.0. The lowest BCUT2D eigenvalue weighted by Crippen LogP contribution is -1.99. The number of rotatable bonds is 1. The Morgan fingerprint density at radius 1 is 0.857 bits per heavy atom. The minimum absolute atomic E-state index is 0.0208. The van der Waals surface area contributed by atoms with Crippen molar-refractivity contribution in [2.75, 3.05) is 12.8 Å². The number of hydrogen-bond acceptors (Lipinski definition) is 3. The van der Waals surface area contributed by atoms with E-state index in [1.54, 1.807) is 0 Å². The second kappa shape index (κ2) is 13.6. The quantitative estimate of drug-likeness (QED) is 0.822. The summed E-state index contributed by atoms with van der Waals surface area (Å²) in [6, 6.07) is 16.7. The molecule has 0 unspecified atom stereocenters. The van der Waals surface area contributed by atoms with Crippen LogP contribution in [0, 0.1) is 0 Å². The maximum absolute atomic E-state index is 9.78. The van der Waals surface area contributed by atoms with Crippen molar-refractivity contribution in [1.29, 1.82) is 0 Å². The Bertz CT molecular complexity index is 506. The Labute approximate surface area is 130 Å². The molecule has 2 rings (SSSR count). The average molecular weight is 307 g/mol. The summed E-state index contributed by atoms with van der Waals surface area (Å²) in [4.78, 5) is 0. The van der Waals surface area contributed by atoms with E-state index in [4.69, 9.17) is 0 Å². The predicted molar refractivity (Wildman–Crippen MR) is 95.2 cm³/mol. The van der Waals surface area contributed by atoms with Gasteiger partial charge in [-0.1, -0.05) is 75.7 Å². The van der Waals surface area contributed by atoms with Crippen molar-refractivity contribution in [3.05, 3.63) is 48.5 Å². The maximum atomic E-state index is 9.78. The molecule has 5 heteroatoms. The standard InChI is InChI=1S/C10H8.C3H8.C2H5BO2S.CH5N/c1-2-6-10-8-4-3-7-9(10)5-1;1-3-2;1-2-6(3,4)5;1-2/h1-8H;3H2,1-2H3;2H2,1H3;2H2,1H3. The zero-order valence-electron chi connectivity index (χ0n) is 13.4. The summed E-state index contributed by atoms with van der Waals surface area (Å²) < 4.78 is 19.6. The second-order valence-corrected chi connectivity index (χ2v) is 5.91. The molecule has 116 valence electrons. The van der Waals surface area contributed by atoms with Crippen molar-refractivity contribution >= 4 is 27.6 Å². The molecular formula is C16H26BNO2S. The lowest BCUT2D eigenvalue weighted by molar-refractivity contribution is 0.610. The van der Waals surface area contributed by atoms with Crippen LogP contribution in [0.5, 0.6) is 0 Å². The molecule has 0 aliphatic carbocycles. The third kappa shape index (κ3) is 13.4. The Morgan fingerprint density at radius 2 is 1.05 bits per heavy atom. The minimum Gasteiger partial charge on any atom is -0.333 e. The van der Waals surface area contributed by atoms with Gasteiger partial charge in [-0.25, -0.2) is 8.42 Å². The molecule has 0 saturated heterocycles. The van der Waals surface area contributed by atoms with Crippen LogP contribution in [0.2, 0.25) is 0 Å². The van der Waals surface area contributed by atoms with Crippen molar-refractivity contribution in [3.63, 3.8) is 0 Å². The van der Waals surface area contributed by atoms with Gasteiger partial charge in [0.2, 0.25) is 0 Å². The van der Waals surface area contributed by atoms with E-state index in [9.17, 15) is 8.42 Å². The van der Waals surface area contributed by atoms with E-state index in [2.05, 4.69) is 75.2 Å². The molecule has 2 aromatic carbocycles. The highest BCUT2D eigenvalue weighted by atomic mass is 32.2. The Balaban J connectivity index is 0. The molecule has 2 radical (unpaired) electrons. The van der Waals surface area contributed by atoms with Gasteiger partial charge in [-0.3, -0.25) is 0 Å². The molecular weight excluding hydrogens is 281 g/mol. The van der Waals surface area contributed by atoms with Gasteiger partial charge in [0.15, 0.2) is 0 Å². The number of benzene rings is 2. The van der Waals surface area contributed by atoms with Crippen LogP contribution >= 0.6 is 0 Å². The fourth-order valence-corrected chi connectivity index (χ4v) is 1.13. The summed E-state index contributed by atoms with van der Waals surface area (Å²) in [6.07, 6.45) is 1.25. The number of nitrogens with two attached hydrogens (primary N) is 1. The fraction of sp³-hybridized carbons (Fsp3) is 0.375. The van der Waals surface area contributed by atoms with Gasteiger partial charge >= 0.3 is 0 Å². The van der Waals surface area contributed by atoms with Crippen LogP contribution < -0.4 is 5.73 Å². The molecule has 2 N–H and O–H groups in total. The summed E-state index contributed by atoms with van der Waals surface area (Å²) in [5, 5.41) is 2.62. The molecule has 0 saturated carbocycles. The molecule has 0 fully saturated rings. The summed E-state index contributed by atoms with van der Waals surface area (Å²) >= 11 is 0. The van der Waals surface area contributed by atoms with E-state index in [1.165, 1.54) is 31.2 Å². The third-order valence-electron chi connectivity index (χ3n) is 2.06. The molecule has 3 nitrogen and oxygen atoms in total. The predicted octanol–water partition coefficient (Wildman–Crippen LogP) is 3.34. The zero-order valence-corrected chi connectivity index (χ0v) is 14.2. The van der Waals surface area contributed by atoms with E-state index in [-0.39, 0.29) is 5.75 Å². The van der Waals surface area contributed by atoms with E-state index in [0.717, 1.165) is 0 Å². The van der Waals surface area contributed by atoms with Gasteiger partial charge in [0.05, 0.1) is 9.69 Å². The summed E-state index contributed by atoms with van der Waals surface area (Å²) in [7, 11) is 2.84. The maximum Gasteiger partial charge on any atom is 0.254 e. The highest BCUT2D eigenvalue weighted by molar-refractivity contribution is 8.12. The van der Waals surface area contributed by atoms with Crippen LogP contribution in [0.3, 0.4) is 0 Å². The van der Waals surface area contributed by atoms with Crippen LogP contribution in [-0.2, 0) is 9.69 Å². The lowest BCUT2D eigenvalue weighted by Gasteiger charge is -1.92. The minimum atomic E-state index is -3.16. The van der Waals surface area contributed by atoms with Gasteiger partial charge in [0.25, 0.3) is 7.12 Å². The van der Waals surface area contributed by atoms with Crippen molar-refractivity contribution in [2.45, 2.75) is 27.2 Å². The fourth-order valence-electron chi connectivity index (χ4n) is 1.13. The van der Waals surface area contributed by atoms with Gasteiger partial charge in [0.1, 0.15) is 0 Å². The molecule has 2 aromatic rings. The van der Waals surface area contributed by atoms with E-state index in [1.807, 2.05) is 0 Å². The molecule has 0 heterocycles. The van der Waals surface area contributed by atoms with Crippen molar-refractivity contribution in [3.8, 4) is 0 Å². The van der Waals surface area contributed by atoms with Gasteiger partial charge < -0.3 is 5.73 Å². The van der Waals surface area contributed by atoms with Crippen LogP contribution in [-0.4, -0.2) is 28.3 Å². The first-order chi connectivity index (χ1) is 9.94. The van der Waals surface area contributed by atoms with E-state index in [0.29, 0.717) is 0 Å². The average Bonchev–Trinajstić information content (AvgIpc) is 2.50. The molecule has 0 aliphatic heterocycles. The van der Waals surface area contributed by atoms with Gasteiger partial charge in [-0.05, 0) is 17.8 Å². The molecule has 0 aromatic heterocycles. The SMILES string of the molecule is CCC.CN.[B]S(=O)(=O)CC.c1ccc2ccccc2c1. The molecule has 0 atom stereocenters. The van der Waals surface area contributed by atoms with Crippen molar-refractivity contribution in [2.24, 2.45) is 5.73 Å². The number of fused-ring (bicyclic) bond motifs is 1. The summed E-state index contributed by atoms with van der Waals surface area (Å²) in [6.45, 7) is 5.75. The molecule has 0 spiro atoms. The summed E-state index contributed by atoms with van der Waals surface area (Å²) in [5.74, 6) is 0.0208.